The van der Waals surface area contributed by atoms with Crippen molar-refractivity contribution in [3.63, 3.8) is 0 Å². The molecule has 4 nitrogen and oxygen atoms in total. The Hall–Kier alpha value is -1.32. The van der Waals surface area contributed by atoms with Gasteiger partial charge in [-0.05, 0) is 13.8 Å². The van der Waals surface area contributed by atoms with Gasteiger partial charge in [0, 0.05) is 25.5 Å². The average Bonchev–Trinajstić information content (AvgIpc) is 2.58. The molecular formula is C8H13N3O. The van der Waals surface area contributed by atoms with Crippen molar-refractivity contribution in [1.82, 2.24) is 14.5 Å². The van der Waals surface area contributed by atoms with Crippen LogP contribution < -0.4 is 0 Å². The molecule has 0 aliphatic heterocycles. The molecule has 0 atom stereocenters. The summed E-state index contributed by atoms with van der Waals surface area (Å²) in [6, 6.07) is -0.0162. The smallest absolute Gasteiger partial charge is 0.325 e. The Morgan fingerprint density at radius 1 is 1.50 bits per heavy atom. The minimum atomic E-state index is -0.0162. The largest absolute Gasteiger partial charge is 0.329 e. The number of nitrogens with zero attached hydrogens (tertiary/aromatic N) is 3. The summed E-state index contributed by atoms with van der Waals surface area (Å²) in [5, 5.41) is 0. The topological polar surface area (TPSA) is 38.1 Å². The van der Waals surface area contributed by atoms with E-state index in [0.29, 0.717) is 0 Å². The summed E-state index contributed by atoms with van der Waals surface area (Å²) in [5.74, 6) is 0. The third kappa shape index (κ3) is 1.64. The molecule has 0 aromatic carbocycles. The van der Waals surface area contributed by atoms with E-state index in [9.17, 15) is 4.79 Å². The molecule has 1 amide bonds. The summed E-state index contributed by atoms with van der Waals surface area (Å²) in [4.78, 5) is 17.1. The fourth-order valence-electron chi connectivity index (χ4n) is 1.03. The van der Waals surface area contributed by atoms with Crippen molar-refractivity contribution in [2.45, 2.75) is 13.8 Å². The first-order chi connectivity index (χ1) is 5.79. The third-order valence-electron chi connectivity index (χ3n) is 1.76. The third-order valence-corrected chi connectivity index (χ3v) is 1.76. The highest BCUT2D eigenvalue weighted by Gasteiger charge is 2.09. The predicted octanol–water partition coefficient (Wildman–Crippen LogP) is 1.19. The number of hydrogen-bond donors (Lipinski definition) is 0. The molecule has 0 unspecified atom stereocenters. The van der Waals surface area contributed by atoms with Crippen molar-refractivity contribution in [3.8, 4) is 0 Å². The first-order valence-electron chi connectivity index (χ1n) is 4.06. The zero-order valence-electron chi connectivity index (χ0n) is 7.40. The molecule has 1 aromatic heterocycles. The second-order valence-corrected chi connectivity index (χ2v) is 2.42. The van der Waals surface area contributed by atoms with E-state index in [0.717, 1.165) is 13.1 Å². The van der Waals surface area contributed by atoms with Crippen LogP contribution in [-0.2, 0) is 0 Å². The number of carbonyl (C=O) groups excluding carboxylic acids is 1. The maximum absolute atomic E-state index is 11.5. The summed E-state index contributed by atoms with van der Waals surface area (Å²) < 4.78 is 1.48. The van der Waals surface area contributed by atoms with Gasteiger partial charge in [0.05, 0.1) is 0 Å². The Bertz CT molecular complexity index is 239. The lowest BCUT2D eigenvalue weighted by Gasteiger charge is -2.17. The van der Waals surface area contributed by atoms with Crippen LogP contribution in [0.2, 0.25) is 0 Å². The summed E-state index contributed by atoms with van der Waals surface area (Å²) in [6.45, 7) is 5.37. The van der Waals surface area contributed by atoms with Crippen LogP contribution >= 0.6 is 0 Å². The van der Waals surface area contributed by atoms with E-state index in [1.165, 1.54) is 10.9 Å². The van der Waals surface area contributed by atoms with Crippen LogP contribution in [0, 0.1) is 0 Å². The van der Waals surface area contributed by atoms with E-state index < -0.39 is 0 Å². The van der Waals surface area contributed by atoms with Gasteiger partial charge in [0.2, 0.25) is 0 Å². The first kappa shape index (κ1) is 8.77. The van der Waals surface area contributed by atoms with Crippen LogP contribution in [0.15, 0.2) is 18.7 Å². The van der Waals surface area contributed by atoms with Crippen LogP contribution in [0.1, 0.15) is 13.8 Å². The van der Waals surface area contributed by atoms with E-state index in [4.69, 9.17) is 0 Å². The highest BCUT2D eigenvalue weighted by Crippen LogP contribution is 1.94. The first-order valence-corrected chi connectivity index (χ1v) is 4.06. The summed E-state index contributed by atoms with van der Waals surface area (Å²) in [6.07, 6.45) is 4.77. The number of aromatic nitrogens is 2. The Morgan fingerprint density at radius 3 is 2.58 bits per heavy atom. The average molecular weight is 167 g/mol. The van der Waals surface area contributed by atoms with Crippen molar-refractivity contribution in [2.75, 3.05) is 13.1 Å². The van der Waals surface area contributed by atoms with Crippen molar-refractivity contribution < 1.29 is 4.79 Å². The minimum absolute atomic E-state index is 0.0162. The zero-order chi connectivity index (χ0) is 8.97. The molecule has 0 fully saturated rings. The van der Waals surface area contributed by atoms with E-state index in [2.05, 4.69) is 4.98 Å². The van der Waals surface area contributed by atoms with Gasteiger partial charge in [-0.2, -0.15) is 0 Å². The standard InChI is InChI=1S/C8H13N3O/c1-3-10(4-2)8(12)11-6-5-9-7-11/h5-7H,3-4H2,1-2H3. The van der Waals surface area contributed by atoms with Crippen LogP contribution in [0.3, 0.4) is 0 Å². The van der Waals surface area contributed by atoms with Gasteiger partial charge in [0.15, 0.2) is 0 Å². The molecule has 0 radical (unpaired) electrons. The zero-order valence-corrected chi connectivity index (χ0v) is 7.40. The monoisotopic (exact) mass is 167 g/mol. The number of hydrogen-bond acceptors (Lipinski definition) is 2. The van der Waals surface area contributed by atoms with Gasteiger partial charge in [0.1, 0.15) is 6.33 Å². The lowest BCUT2D eigenvalue weighted by Crippen LogP contribution is -2.33. The van der Waals surface area contributed by atoms with Crippen LogP contribution in [-0.4, -0.2) is 33.6 Å². The molecule has 0 bridgehead atoms. The Kier molecular flexibility index (Phi) is 2.85. The highest BCUT2D eigenvalue weighted by molar-refractivity contribution is 5.76. The predicted molar refractivity (Wildman–Crippen MR) is 45.9 cm³/mol. The van der Waals surface area contributed by atoms with Gasteiger partial charge in [-0.25, -0.2) is 9.78 Å². The number of carbonyl (C=O) groups is 1. The fraction of sp³-hybridized carbons (Fsp3) is 0.500. The van der Waals surface area contributed by atoms with Gasteiger partial charge in [-0.1, -0.05) is 0 Å². The molecule has 66 valence electrons. The molecule has 0 spiro atoms. The molecule has 4 heteroatoms. The highest BCUT2D eigenvalue weighted by atomic mass is 16.2. The molecule has 0 N–H and O–H groups in total. The number of amides is 1. The molecule has 1 heterocycles. The molecule has 0 aliphatic rings. The summed E-state index contributed by atoms with van der Waals surface area (Å²) in [7, 11) is 0. The van der Waals surface area contributed by atoms with Crippen molar-refractivity contribution >= 4 is 6.03 Å². The van der Waals surface area contributed by atoms with Gasteiger partial charge in [-0.15, -0.1) is 0 Å². The van der Waals surface area contributed by atoms with Crippen molar-refractivity contribution in [2.24, 2.45) is 0 Å². The number of imidazole rings is 1. The molecule has 12 heavy (non-hydrogen) atoms. The van der Waals surface area contributed by atoms with Crippen molar-refractivity contribution in [1.29, 1.82) is 0 Å². The molecule has 0 aliphatic carbocycles. The minimum Gasteiger partial charge on any atom is -0.325 e. The molecule has 1 rings (SSSR count). The van der Waals surface area contributed by atoms with Crippen molar-refractivity contribution in [3.05, 3.63) is 18.7 Å². The Balaban J connectivity index is 2.70. The maximum atomic E-state index is 11.5. The Morgan fingerprint density at radius 2 is 2.17 bits per heavy atom. The van der Waals surface area contributed by atoms with E-state index >= 15 is 0 Å². The SMILES string of the molecule is CCN(CC)C(=O)n1ccnc1. The molecular weight excluding hydrogens is 154 g/mol. The van der Waals surface area contributed by atoms with Gasteiger partial charge >= 0.3 is 6.03 Å². The van der Waals surface area contributed by atoms with E-state index in [1.54, 1.807) is 17.3 Å². The second kappa shape index (κ2) is 3.90. The Labute approximate surface area is 71.8 Å². The second-order valence-electron chi connectivity index (χ2n) is 2.42. The fourth-order valence-corrected chi connectivity index (χ4v) is 1.03. The van der Waals surface area contributed by atoms with E-state index in [-0.39, 0.29) is 6.03 Å². The number of rotatable bonds is 2. The molecule has 0 saturated carbocycles. The van der Waals surface area contributed by atoms with Gasteiger partial charge in [0.25, 0.3) is 0 Å². The van der Waals surface area contributed by atoms with E-state index in [1.807, 2.05) is 13.8 Å². The van der Waals surface area contributed by atoms with Gasteiger partial charge in [-0.3, -0.25) is 4.57 Å². The van der Waals surface area contributed by atoms with Gasteiger partial charge < -0.3 is 4.90 Å². The molecule has 0 saturated heterocycles. The van der Waals surface area contributed by atoms with Crippen LogP contribution in [0.25, 0.3) is 0 Å². The quantitative estimate of drug-likeness (QED) is 0.663. The lowest BCUT2D eigenvalue weighted by atomic mass is 10.5. The maximum Gasteiger partial charge on any atom is 0.329 e. The van der Waals surface area contributed by atoms with Crippen LogP contribution in [0.4, 0.5) is 4.79 Å². The lowest BCUT2D eigenvalue weighted by molar-refractivity contribution is 0.205. The molecule has 1 aromatic rings. The van der Waals surface area contributed by atoms with Crippen LogP contribution in [0.5, 0.6) is 0 Å². The normalized spacial score (nSPS) is 9.83. The summed E-state index contributed by atoms with van der Waals surface area (Å²) >= 11 is 0. The summed E-state index contributed by atoms with van der Waals surface area (Å²) in [5.41, 5.74) is 0.